The number of nitrogens with zero attached hydrogens (tertiary/aromatic N) is 2. The highest BCUT2D eigenvalue weighted by Gasteiger charge is 2.33. The Kier molecular flexibility index (Phi) is 10.3. The molecule has 1 aromatic heterocycles. The van der Waals surface area contributed by atoms with Gasteiger partial charge in [-0.2, -0.15) is 0 Å². The van der Waals surface area contributed by atoms with Crippen LogP contribution in [0.3, 0.4) is 0 Å². The summed E-state index contributed by atoms with van der Waals surface area (Å²) in [6.07, 6.45) is 1.10. The van der Waals surface area contributed by atoms with E-state index in [9.17, 15) is 9.90 Å². The van der Waals surface area contributed by atoms with E-state index in [2.05, 4.69) is 15.6 Å². The number of halogens is 2. The molecular weight excluding hydrogens is 623 g/mol. The highest BCUT2D eigenvalue weighted by molar-refractivity contribution is 6.40. The Balaban J connectivity index is 1.16. The van der Waals surface area contributed by atoms with Crippen molar-refractivity contribution in [1.29, 1.82) is 0 Å². The lowest BCUT2D eigenvalue weighted by Crippen LogP contribution is -2.34. The number of carbonyl (C=O) groups excluding carboxylic acids is 1. The third-order valence-electron chi connectivity index (χ3n) is 7.99. The minimum atomic E-state index is -0.627. The fourth-order valence-electron chi connectivity index (χ4n) is 5.51. The number of carbonyl (C=O) groups is 1. The molecule has 3 atom stereocenters. The first-order chi connectivity index (χ1) is 22.5. The Morgan fingerprint density at radius 3 is 2.24 bits per heavy atom. The van der Waals surface area contributed by atoms with Gasteiger partial charge in [-0.15, -0.1) is 0 Å². The second-order valence-electron chi connectivity index (χ2n) is 11.1. The van der Waals surface area contributed by atoms with Crippen LogP contribution in [-0.4, -0.2) is 26.8 Å². The fourth-order valence-corrected chi connectivity index (χ4v) is 5.83. The SMILES string of the molecule is O=C(NCc1ccccc1)NCc1ccccc1-c1ccc([C@@H]2O[C@H](Cn3cnc(Cl)c3Cl)C[C@H](c3ccc(CO)cc3)O2)cc1. The molecule has 4 aromatic carbocycles. The van der Waals surface area contributed by atoms with Crippen LogP contribution in [0.4, 0.5) is 4.79 Å². The predicted molar refractivity (Wildman–Crippen MR) is 178 cm³/mol. The van der Waals surface area contributed by atoms with Crippen molar-refractivity contribution in [2.45, 2.75) is 51.2 Å². The maximum atomic E-state index is 12.5. The zero-order chi connectivity index (χ0) is 31.9. The first-order valence-corrected chi connectivity index (χ1v) is 15.8. The van der Waals surface area contributed by atoms with Crippen molar-refractivity contribution in [1.82, 2.24) is 20.2 Å². The molecule has 0 bridgehead atoms. The number of aromatic nitrogens is 2. The van der Waals surface area contributed by atoms with Gasteiger partial charge < -0.3 is 29.8 Å². The van der Waals surface area contributed by atoms with E-state index in [1.807, 2.05) is 103 Å². The molecule has 2 heterocycles. The number of urea groups is 1. The van der Waals surface area contributed by atoms with Crippen LogP contribution in [0.2, 0.25) is 10.3 Å². The molecule has 0 saturated carbocycles. The number of hydrogen-bond acceptors (Lipinski definition) is 5. The third kappa shape index (κ3) is 7.78. The quantitative estimate of drug-likeness (QED) is 0.144. The molecule has 0 spiro atoms. The molecule has 236 valence electrons. The summed E-state index contributed by atoms with van der Waals surface area (Å²) in [7, 11) is 0. The molecule has 10 heteroatoms. The first kappa shape index (κ1) is 31.8. The minimum Gasteiger partial charge on any atom is -0.392 e. The number of aliphatic hydroxyl groups excluding tert-OH is 1. The molecule has 0 aliphatic carbocycles. The first-order valence-electron chi connectivity index (χ1n) is 15.1. The number of ether oxygens (including phenoxy) is 2. The van der Waals surface area contributed by atoms with Gasteiger partial charge in [-0.1, -0.05) is 126 Å². The van der Waals surface area contributed by atoms with Crippen molar-refractivity contribution < 1.29 is 19.4 Å². The van der Waals surface area contributed by atoms with E-state index < -0.39 is 6.29 Å². The summed E-state index contributed by atoms with van der Waals surface area (Å²) in [5, 5.41) is 16.0. The third-order valence-corrected chi connectivity index (χ3v) is 8.76. The normalized spacial score (nSPS) is 17.8. The van der Waals surface area contributed by atoms with Gasteiger partial charge in [-0.05, 0) is 33.4 Å². The van der Waals surface area contributed by atoms with Crippen LogP contribution < -0.4 is 10.6 Å². The largest absolute Gasteiger partial charge is 0.392 e. The highest BCUT2D eigenvalue weighted by atomic mass is 35.5. The zero-order valence-corrected chi connectivity index (χ0v) is 26.5. The standard InChI is InChI=1S/C36H34Cl2N4O4/c37-33-34(38)42(23-41-33)21-30-18-32(27-12-10-25(22-43)11-13-27)46-35(45-30)28-16-14-26(15-17-28)31-9-5-4-8-29(31)20-40-36(44)39-19-24-6-2-1-3-7-24/h1-17,23,30,32,35,43H,18-22H2,(H2,39,40,44)/t30-,32+,35+/m0/s1. The molecule has 46 heavy (non-hydrogen) atoms. The van der Waals surface area contributed by atoms with Crippen LogP contribution in [0.5, 0.6) is 0 Å². The van der Waals surface area contributed by atoms with E-state index >= 15 is 0 Å². The Morgan fingerprint density at radius 1 is 0.826 bits per heavy atom. The summed E-state index contributed by atoms with van der Waals surface area (Å²) in [6.45, 7) is 1.28. The Labute approximate surface area is 277 Å². The van der Waals surface area contributed by atoms with Gasteiger partial charge in [0.05, 0.1) is 31.7 Å². The summed E-state index contributed by atoms with van der Waals surface area (Å²) in [6, 6.07) is 33.4. The molecule has 0 unspecified atom stereocenters. The van der Waals surface area contributed by atoms with Crippen LogP contribution in [0.1, 0.15) is 46.6 Å². The van der Waals surface area contributed by atoms with E-state index in [1.54, 1.807) is 10.9 Å². The Bertz CT molecular complexity index is 1750. The molecular formula is C36H34Cl2N4O4. The highest BCUT2D eigenvalue weighted by Crippen LogP contribution is 2.39. The predicted octanol–water partition coefficient (Wildman–Crippen LogP) is 7.59. The van der Waals surface area contributed by atoms with Crippen LogP contribution in [0.25, 0.3) is 11.1 Å². The molecule has 1 aliphatic rings. The Hall–Kier alpha value is -4.18. The second kappa shape index (κ2) is 14.9. The van der Waals surface area contributed by atoms with E-state index in [0.29, 0.717) is 31.2 Å². The van der Waals surface area contributed by atoms with Crippen molar-refractivity contribution in [3.05, 3.63) is 148 Å². The maximum Gasteiger partial charge on any atom is 0.315 e. The summed E-state index contributed by atoms with van der Waals surface area (Å²) in [5.41, 5.74) is 6.77. The van der Waals surface area contributed by atoms with E-state index in [1.165, 1.54) is 0 Å². The zero-order valence-electron chi connectivity index (χ0n) is 25.0. The van der Waals surface area contributed by atoms with Gasteiger partial charge in [0, 0.05) is 25.1 Å². The van der Waals surface area contributed by atoms with Gasteiger partial charge in [-0.3, -0.25) is 0 Å². The minimum absolute atomic E-state index is 0.0208. The summed E-state index contributed by atoms with van der Waals surface area (Å²) >= 11 is 12.5. The average molecular weight is 658 g/mol. The molecule has 3 N–H and O–H groups in total. The smallest absolute Gasteiger partial charge is 0.315 e. The average Bonchev–Trinajstić information content (AvgIpc) is 3.42. The van der Waals surface area contributed by atoms with Crippen LogP contribution in [0, 0.1) is 0 Å². The van der Waals surface area contributed by atoms with Crippen molar-refractivity contribution in [2.75, 3.05) is 0 Å². The Morgan fingerprint density at radius 2 is 1.52 bits per heavy atom. The van der Waals surface area contributed by atoms with E-state index in [0.717, 1.165) is 38.9 Å². The molecule has 1 aliphatic heterocycles. The number of amides is 2. The summed E-state index contributed by atoms with van der Waals surface area (Å²) in [5.74, 6) is 0. The molecule has 5 aromatic rings. The van der Waals surface area contributed by atoms with Gasteiger partial charge in [0.2, 0.25) is 0 Å². The summed E-state index contributed by atoms with van der Waals surface area (Å²) in [4.78, 5) is 16.6. The summed E-state index contributed by atoms with van der Waals surface area (Å²) < 4.78 is 14.7. The van der Waals surface area contributed by atoms with E-state index in [-0.39, 0.29) is 30.0 Å². The maximum absolute atomic E-state index is 12.5. The molecule has 1 fully saturated rings. The van der Waals surface area contributed by atoms with Gasteiger partial charge >= 0.3 is 6.03 Å². The number of hydrogen-bond donors (Lipinski definition) is 3. The lowest BCUT2D eigenvalue weighted by Gasteiger charge is -2.36. The number of benzene rings is 4. The van der Waals surface area contributed by atoms with Crippen LogP contribution in [0.15, 0.2) is 109 Å². The fraction of sp³-hybridized carbons (Fsp3) is 0.222. The molecule has 6 rings (SSSR count). The van der Waals surface area contributed by atoms with Gasteiger partial charge in [0.15, 0.2) is 11.4 Å². The van der Waals surface area contributed by atoms with Crippen LogP contribution >= 0.6 is 23.2 Å². The van der Waals surface area contributed by atoms with Crippen molar-refractivity contribution in [2.24, 2.45) is 0 Å². The number of nitrogens with one attached hydrogen (secondary N) is 2. The second-order valence-corrected chi connectivity index (χ2v) is 11.8. The molecule has 0 radical (unpaired) electrons. The van der Waals surface area contributed by atoms with Gasteiger partial charge in [-0.25, -0.2) is 9.78 Å². The lowest BCUT2D eigenvalue weighted by molar-refractivity contribution is -0.252. The molecule has 8 nitrogen and oxygen atoms in total. The molecule has 1 saturated heterocycles. The number of imidazole rings is 1. The van der Waals surface area contributed by atoms with Gasteiger partial charge in [0.1, 0.15) is 5.15 Å². The van der Waals surface area contributed by atoms with Crippen LogP contribution in [-0.2, 0) is 35.7 Å². The monoisotopic (exact) mass is 656 g/mol. The number of rotatable bonds is 10. The number of aliphatic hydroxyl groups is 1. The van der Waals surface area contributed by atoms with Crippen molar-refractivity contribution >= 4 is 29.2 Å². The van der Waals surface area contributed by atoms with E-state index in [4.69, 9.17) is 32.7 Å². The lowest BCUT2D eigenvalue weighted by atomic mass is 9.97. The van der Waals surface area contributed by atoms with Gasteiger partial charge in [0.25, 0.3) is 0 Å². The topological polar surface area (TPSA) is 97.6 Å². The van der Waals surface area contributed by atoms with Crippen molar-refractivity contribution in [3.8, 4) is 11.1 Å². The van der Waals surface area contributed by atoms with Crippen molar-refractivity contribution in [3.63, 3.8) is 0 Å². The molecule has 2 amide bonds.